The van der Waals surface area contributed by atoms with Gasteiger partial charge in [-0.3, -0.25) is 14.3 Å². The number of hydrogen-bond donors (Lipinski definition) is 2. The Morgan fingerprint density at radius 1 is 0.963 bits per heavy atom. The number of amides is 2. The summed E-state index contributed by atoms with van der Waals surface area (Å²) in [4.78, 5) is 30.1. The molecule has 3 heterocycles. The SMILES string of the molecule is COc1ccc(C(=O)Nc2cccc(CN3C(=O)[C@@]4(O[C@@H](CCn5cc(CCO)nn5)[C@H](C(C)(C)c5ccc(OC)cc5)[C@H]4C)c4ccccc43)c2)cc1. The molecule has 2 aliphatic rings. The summed E-state index contributed by atoms with van der Waals surface area (Å²) >= 11 is 0. The van der Waals surface area contributed by atoms with E-state index in [1.807, 2.05) is 71.8 Å². The van der Waals surface area contributed by atoms with E-state index in [1.165, 1.54) is 0 Å². The van der Waals surface area contributed by atoms with E-state index in [0.29, 0.717) is 42.9 Å². The molecule has 1 saturated heterocycles. The van der Waals surface area contributed by atoms with Crippen LogP contribution in [0.4, 0.5) is 11.4 Å². The predicted octanol–water partition coefficient (Wildman–Crippen LogP) is 6.54. The molecule has 2 aliphatic heterocycles. The zero-order valence-electron chi connectivity index (χ0n) is 31.4. The number of rotatable bonds is 13. The summed E-state index contributed by atoms with van der Waals surface area (Å²) in [5.41, 5.74) is 3.91. The second-order valence-corrected chi connectivity index (χ2v) is 14.7. The molecule has 1 spiro atoms. The number of ether oxygens (including phenoxy) is 3. The van der Waals surface area contributed by atoms with Crippen molar-refractivity contribution in [3.8, 4) is 11.5 Å². The number of carbonyl (C=O) groups excluding carboxylic acids is 2. The number of aryl methyl sites for hydroxylation is 1. The second kappa shape index (κ2) is 15.1. The van der Waals surface area contributed by atoms with E-state index in [2.05, 4.69) is 48.5 Å². The summed E-state index contributed by atoms with van der Waals surface area (Å²) in [5, 5.41) is 20.9. The molecule has 11 heteroatoms. The second-order valence-electron chi connectivity index (χ2n) is 14.7. The first kappa shape index (κ1) is 36.8. The highest BCUT2D eigenvalue weighted by molar-refractivity contribution is 6.07. The van der Waals surface area contributed by atoms with Crippen molar-refractivity contribution in [2.75, 3.05) is 31.0 Å². The maximum absolute atomic E-state index is 15.1. The van der Waals surface area contributed by atoms with Gasteiger partial charge in [-0.2, -0.15) is 0 Å². The van der Waals surface area contributed by atoms with Gasteiger partial charge in [0.15, 0.2) is 5.60 Å². The molecule has 0 saturated carbocycles. The number of aliphatic hydroxyl groups is 1. The first-order valence-electron chi connectivity index (χ1n) is 18.4. The van der Waals surface area contributed by atoms with Gasteiger partial charge in [0.25, 0.3) is 11.8 Å². The van der Waals surface area contributed by atoms with Crippen molar-refractivity contribution in [3.05, 3.63) is 131 Å². The van der Waals surface area contributed by atoms with Crippen LogP contribution in [0.5, 0.6) is 11.5 Å². The minimum absolute atomic E-state index is 0.00321. The van der Waals surface area contributed by atoms with Crippen molar-refractivity contribution in [1.29, 1.82) is 0 Å². The molecule has 7 rings (SSSR count). The number of para-hydroxylation sites is 1. The zero-order valence-corrected chi connectivity index (χ0v) is 31.4. The molecular formula is C43H47N5O6. The summed E-state index contributed by atoms with van der Waals surface area (Å²) in [6, 6.07) is 30.6. The van der Waals surface area contributed by atoms with Crippen LogP contribution in [0.2, 0.25) is 0 Å². The third-order valence-corrected chi connectivity index (χ3v) is 11.2. The van der Waals surface area contributed by atoms with Crippen LogP contribution < -0.4 is 19.7 Å². The highest BCUT2D eigenvalue weighted by atomic mass is 16.5. The lowest BCUT2D eigenvalue weighted by molar-refractivity contribution is -0.146. The van der Waals surface area contributed by atoms with Crippen LogP contribution in [0.15, 0.2) is 103 Å². The van der Waals surface area contributed by atoms with E-state index in [4.69, 9.17) is 14.2 Å². The molecule has 280 valence electrons. The maximum Gasteiger partial charge on any atom is 0.264 e. The lowest BCUT2D eigenvalue weighted by Gasteiger charge is -2.38. The van der Waals surface area contributed by atoms with E-state index in [9.17, 15) is 9.90 Å². The number of aromatic nitrogens is 3. The van der Waals surface area contributed by atoms with Crippen LogP contribution in [-0.4, -0.2) is 58.8 Å². The standard InChI is InChI=1S/C43H47N5O6/c1-28-39(42(2,3)31-15-19-35(53-5)20-16-31)38(21-23-47-27-33(22-24-49)45-46-47)54-43(28)36-11-6-7-12-37(36)48(41(43)51)26-29-9-8-10-32(25-29)44-40(50)30-13-17-34(52-4)18-14-30/h6-20,25,27-28,38-39,49H,21-24,26H2,1-5H3,(H,44,50)/t28-,38+,39-,43+/m1/s1. The van der Waals surface area contributed by atoms with Crippen LogP contribution in [0.25, 0.3) is 0 Å². The number of benzene rings is 4. The Hall–Kier alpha value is -5.52. The summed E-state index contributed by atoms with van der Waals surface area (Å²) in [7, 11) is 3.25. The average Bonchev–Trinajstić information content (AvgIpc) is 3.84. The third-order valence-electron chi connectivity index (χ3n) is 11.2. The number of hydrogen-bond acceptors (Lipinski definition) is 8. The van der Waals surface area contributed by atoms with Gasteiger partial charge in [-0.1, -0.05) is 68.4 Å². The van der Waals surface area contributed by atoms with Crippen molar-refractivity contribution < 1.29 is 28.9 Å². The van der Waals surface area contributed by atoms with Gasteiger partial charge in [0.2, 0.25) is 0 Å². The summed E-state index contributed by atoms with van der Waals surface area (Å²) in [6.45, 7) is 7.45. The maximum atomic E-state index is 15.1. The smallest absolute Gasteiger partial charge is 0.264 e. The van der Waals surface area contributed by atoms with E-state index >= 15 is 4.79 Å². The summed E-state index contributed by atoms with van der Waals surface area (Å²) in [5.74, 6) is 0.828. The van der Waals surface area contributed by atoms with Crippen molar-refractivity contribution in [2.24, 2.45) is 11.8 Å². The highest BCUT2D eigenvalue weighted by Crippen LogP contribution is 2.60. The predicted molar refractivity (Wildman–Crippen MR) is 206 cm³/mol. The molecule has 4 atom stereocenters. The molecule has 0 bridgehead atoms. The van der Waals surface area contributed by atoms with Crippen molar-refractivity contribution in [2.45, 2.75) is 63.8 Å². The Bertz CT molecular complexity index is 2110. The van der Waals surface area contributed by atoms with Gasteiger partial charge < -0.3 is 29.5 Å². The number of aliphatic hydroxyl groups excluding tert-OH is 1. The van der Waals surface area contributed by atoms with E-state index in [1.54, 1.807) is 43.2 Å². The van der Waals surface area contributed by atoms with E-state index in [-0.39, 0.29) is 36.4 Å². The van der Waals surface area contributed by atoms with Gasteiger partial charge >= 0.3 is 0 Å². The topological polar surface area (TPSA) is 128 Å². The Kier molecular flexibility index (Phi) is 10.3. The fraction of sp³-hybridized carbons (Fsp3) is 0.349. The fourth-order valence-electron chi connectivity index (χ4n) is 8.51. The number of anilines is 2. The van der Waals surface area contributed by atoms with Gasteiger partial charge in [0.05, 0.1) is 38.2 Å². The molecule has 5 aromatic rings. The molecule has 2 N–H and O–H groups in total. The van der Waals surface area contributed by atoms with Crippen molar-refractivity contribution >= 4 is 23.2 Å². The number of nitrogens with one attached hydrogen (secondary N) is 1. The molecule has 0 aliphatic carbocycles. The Morgan fingerprint density at radius 3 is 2.37 bits per heavy atom. The van der Waals surface area contributed by atoms with Crippen LogP contribution in [0.1, 0.15) is 59.9 Å². The minimum Gasteiger partial charge on any atom is -0.497 e. The summed E-state index contributed by atoms with van der Waals surface area (Å²) in [6.07, 6.45) is 2.59. The van der Waals surface area contributed by atoms with Crippen molar-refractivity contribution in [1.82, 2.24) is 15.0 Å². The van der Waals surface area contributed by atoms with Crippen LogP contribution in [0, 0.1) is 11.8 Å². The number of fused-ring (bicyclic) bond motifs is 2. The Morgan fingerprint density at radius 2 is 1.67 bits per heavy atom. The molecule has 11 nitrogen and oxygen atoms in total. The quantitative estimate of drug-likeness (QED) is 0.140. The fourth-order valence-corrected chi connectivity index (χ4v) is 8.51. The molecule has 2 amide bonds. The molecule has 1 fully saturated rings. The highest BCUT2D eigenvalue weighted by Gasteiger charge is 2.65. The van der Waals surface area contributed by atoms with Crippen LogP contribution in [-0.2, 0) is 40.1 Å². The van der Waals surface area contributed by atoms with Gasteiger partial charge in [-0.25, -0.2) is 0 Å². The van der Waals surface area contributed by atoms with Gasteiger partial charge in [-0.15, -0.1) is 5.10 Å². The van der Waals surface area contributed by atoms with Crippen molar-refractivity contribution in [3.63, 3.8) is 0 Å². The van der Waals surface area contributed by atoms with E-state index in [0.717, 1.165) is 33.8 Å². The number of methoxy groups -OCH3 is 2. The first-order valence-corrected chi connectivity index (χ1v) is 18.4. The lowest BCUT2D eigenvalue weighted by atomic mass is 9.63. The van der Waals surface area contributed by atoms with Gasteiger partial charge in [0, 0.05) is 54.4 Å². The van der Waals surface area contributed by atoms with Gasteiger partial charge in [-0.05, 0) is 77.6 Å². The van der Waals surface area contributed by atoms with Crippen LogP contribution >= 0.6 is 0 Å². The molecular weight excluding hydrogens is 683 g/mol. The minimum atomic E-state index is -1.22. The number of carbonyl (C=O) groups is 2. The molecule has 0 unspecified atom stereocenters. The Balaban J connectivity index is 1.20. The molecule has 0 radical (unpaired) electrons. The molecule has 54 heavy (non-hydrogen) atoms. The lowest BCUT2D eigenvalue weighted by Crippen LogP contribution is -2.45. The third kappa shape index (κ3) is 6.73. The zero-order chi connectivity index (χ0) is 38.0. The normalized spacial score (nSPS) is 20.7. The van der Waals surface area contributed by atoms with E-state index < -0.39 is 11.0 Å². The monoisotopic (exact) mass is 729 g/mol. The van der Waals surface area contributed by atoms with Crippen LogP contribution in [0.3, 0.4) is 0 Å². The average molecular weight is 730 g/mol. The first-order chi connectivity index (χ1) is 26.1. The molecule has 4 aromatic carbocycles. The Labute approximate surface area is 315 Å². The largest absolute Gasteiger partial charge is 0.497 e. The van der Waals surface area contributed by atoms with Gasteiger partial charge in [0.1, 0.15) is 11.5 Å². The number of nitrogens with zero attached hydrogens (tertiary/aromatic N) is 4. The summed E-state index contributed by atoms with van der Waals surface area (Å²) < 4.78 is 19.7. The molecule has 1 aromatic heterocycles.